The summed E-state index contributed by atoms with van der Waals surface area (Å²) in [6, 6.07) is 23.8. The molecular weight excluding hydrogens is 542 g/mol. The first-order valence-corrected chi connectivity index (χ1v) is 13.9. The van der Waals surface area contributed by atoms with Crippen LogP contribution in [0.25, 0.3) is 10.6 Å². The van der Waals surface area contributed by atoms with E-state index < -0.39 is 17.4 Å². The number of carbonyl (C=O) groups is 1. The summed E-state index contributed by atoms with van der Waals surface area (Å²) >= 11 is 9.58. The Morgan fingerprint density at radius 2 is 1.84 bits per heavy atom. The highest BCUT2D eigenvalue weighted by Gasteiger charge is 2.54. The molecule has 4 aromatic rings. The Kier molecular flexibility index (Phi) is 7.37. The lowest BCUT2D eigenvalue weighted by molar-refractivity contribution is -0.0466. The fraction of sp³-hybridized carbons (Fsp3) is 0.250. The molecule has 38 heavy (non-hydrogen) atoms. The second-order valence-electron chi connectivity index (χ2n) is 9.53. The van der Waals surface area contributed by atoms with Gasteiger partial charge in [0.1, 0.15) is 33.6 Å². The molecular formula is C28H26ClN3O4S2. The van der Waals surface area contributed by atoms with Crippen molar-refractivity contribution in [2.75, 3.05) is 6.61 Å². The van der Waals surface area contributed by atoms with E-state index in [1.807, 2.05) is 72.8 Å². The Morgan fingerprint density at radius 3 is 2.58 bits per heavy atom. The smallest absolute Gasteiger partial charge is 0.410 e. The van der Waals surface area contributed by atoms with E-state index in [1.54, 1.807) is 32.5 Å². The lowest BCUT2D eigenvalue weighted by Gasteiger charge is -2.35. The van der Waals surface area contributed by atoms with E-state index in [0.717, 1.165) is 26.7 Å². The van der Waals surface area contributed by atoms with Crippen LogP contribution in [-0.2, 0) is 16.9 Å². The number of amides is 1. The Hall–Kier alpha value is -3.11. The van der Waals surface area contributed by atoms with Crippen molar-refractivity contribution in [2.24, 2.45) is 0 Å². The maximum atomic E-state index is 12.0. The predicted octanol–water partition coefficient (Wildman–Crippen LogP) is 7.55. The van der Waals surface area contributed by atoms with Gasteiger partial charge in [-0.05, 0) is 62.7 Å². The number of ether oxygens (including phenoxy) is 2. The molecule has 1 saturated heterocycles. The summed E-state index contributed by atoms with van der Waals surface area (Å²) in [6.45, 7) is 5.96. The van der Waals surface area contributed by atoms with Crippen molar-refractivity contribution < 1.29 is 19.4 Å². The van der Waals surface area contributed by atoms with Gasteiger partial charge in [-0.2, -0.15) is 0 Å². The van der Waals surface area contributed by atoms with Gasteiger partial charge in [0.05, 0.1) is 11.6 Å². The molecule has 1 aliphatic heterocycles. The SMILES string of the molecule is CC1(C)OCC(C)(c2nnc(-c3ccc(Sc4cccc(OCc5ccccc5)c4)cc3Cl)s2)N1C(=O)O. The molecule has 1 atom stereocenters. The lowest BCUT2D eigenvalue weighted by atomic mass is 10.0. The molecule has 10 heteroatoms. The molecule has 7 nitrogen and oxygen atoms in total. The third-order valence-corrected chi connectivity index (χ3v) is 8.78. The molecule has 1 aliphatic rings. The van der Waals surface area contributed by atoms with E-state index in [-0.39, 0.29) is 6.61 Å². The summed E-state index contributed by atoms with van der Waals surface area (Å²) in [5.41, 5.74) is -0.0570. The van der Waals surface area contributed by atoms with Gasteiger partial charge in [0.25, 0.3) is 0 Å². The van der Waals surface area contributed by atoms with Crippen molar-refractivity contribution >= 4 is 40.8 Å². The number of nitrogens with zero attached hydrogens (tertiary/aromatic N) is 3. The minimum absolute atomic E-state index is 0.193. The summed E-state index contributed by atoms with van der Waals surface area (Å²) in [7, 11) is 0. The Balaban J connectivity index is 1.31. The standard InChI is InChI=1S/C28H26ClN3O4S2/c1-27(2)32(26(33)34)28(3,17-36-27)25-31-30-24(38-25)22-13-12-21(15-23(22)29)37-20-11-7-10-19(14-20)35-16-18-8-5-4-6-9-18/h4-15H,16-17H2,1-3H3,(H,33,34). The number of halogens is 1. The van der Waals surface area contributed by atoms with E-state index in [4.69, 9.17) is 21.1 Å². The summed E-state index contributed by atoms with van der Waals surface area (Å²) in [6.07, 6.45) is -1.07. The normalized spacial score (nSPS) is 18.5. The van der Waals surface area contributed by atoms with Crippen LogP contribution in [0, 0.1) is 0 Å². The topological polar surface area (TPSA) is 84.8 Å². The number of rotatable bonds is 7. The van der Waals surface area contributed by atoms with Gasteiger partial charge in [-0.1, -0.05) is 71.1 Å². The molecule has 1 amide bonds. The zero-order valence-electron chi connectivity index (χ0n) is 21.1. The molecule has 0 radical (unpaired) electrons. The van der Waals surface area contributed by atoms with Crippen molar-refractivity contribution in [1.29, 1.82) is 0 Å². The minimum Gasteiger partial charge on any atom is -0.489 e. The lowest BCUT2D eigenvalue weighted by Crippen LogP contribution is -2.51. The highest BCUT2D eigenvalue weighted by Crippen LogP contribution is 2.45. The molecule has 3 aromatic carbocycles. The van der Waals surface area contributed by atoms with E-state index >= 15 is 0 Å². The summed E-state index contributed by atoms with van der Waals surface area (Å²) in [5, 5.41) is 20.2. The number of aromatic nitrogens is 2. The van der Waals surface area contributed by atoms with Crippen LogP contribution in [0.5, 0.6) is 5.75 Å². The molecule has 1 unspecified atom stereocenters. The van der Waals surface area contributed by atoms with Crippen LogP contribution >= 0.6 is 34.7 Å². The Bertz CT molecular complexity index is 1460. The third kappa shape index (κ3) is 5.37. The van der Waals surface area contributed by atoms with E-state index in [9.17, 15) is 9.90 Å². The molecule has 2 heterocycles. The Morgan fingerprint density at radius 1 is 1.08 bits per heavy atom. The van der Waals surface area contributed by atoms with Gasteiger partial charge in [0.2, 0.25) is 0 Å². The fourth-order valence-electron chi connectivity index (χ4n) is 4.43. The zero-order chi connectivity index (χ0) is 26.9. The second-order valence-corrected chi connectivity index (χ2v) is 12.1. The highest BCUT2D eigenvalue weighted by molar-refractivity contribution is 7.99. The van der Waals surface area contributed by atoms with Crippen molar-refractivity contribution in [1.82, 2.24) is 15.1 Å². The van der Waals surface area contributed by atoms with E-state index in [1.165, 1.54) is 16.2 Å². The molecule has 5 rings (SSSR count). The molecule has 0 spiro atoms. The van der Waals surface area contributed by atoms with Gasteiger partial charge in [0.15, 0.2) is 0 Å². The summed E-state index contributed by atoms with van der Waals surface area (Å²) < 4.78 is 11.7. The van der Waals surface area contributed by atoms with Gasteiger partial charge in [-0.25, -0.2) is 4.79 Å². The van der Waals surface area contributed by atoms with Crippen molar-refractivity contribution in [3.63, 3.8) is 0 Å². The zero-order valence-corrected chi connectivity index (χ0v) is 23.4. The first-order valence-electron chi connectivity index (χ1n) is 11.9. The molecule has 0 aliphatic carbocycles. The van der Waals surface area contributed by atoms with Crippen molar-refractivity contribution in [3.05, 3.63) is 88.4 Å². The van der Waals surface area contributed by atoms with Gasteiger partial charge < -0.3 is 14.6 Å². The van der Waals surface area contributed by atoms with Crippen LogP contribution in [0.3, 0.4) is 0 Å². The third-order valence-electron chi connectivity index (χ3n) is 6.28. The van der Waals surface area contributed by atoms with Crippen LogP contribution in [0.15, 0.2) is 82.6 Å². The number of carboxylic acid groups (broad SMARTS) is 1. The van der Waals surface area contributed by atoms with Crippen molar-refractivity contribution in [3.8, 4) is 16.3 Å². The highest BCUT2D eigenvalue weighted by atomic mass is 35.5. The van der Waals surface area contributed by atoms with Gasteiger partial charge in [-0.3, -0.25) is 4.90 Å². The van der Waals surface area contributed by atoms with Crippen LogP contribution in [0.4, 0.5) is 4.79 Å². The molecule has 0 bridgehead atoms. The predicted molar refractivity (Wildman–Crippen MR) is 149 cm³/mol. The van der Waals surface area contributed by atoms with E-state index in [2.05, 4.69) is 10.2 Å². The van der Waals surface area contributed by atoms with E-state index in [0.29, 0.717) is 21.6 Å². The number of hydrogen-bond donors (Lipinski definition) is 1. The van der Waals surface area contributed by atoms with Crippen LogP contribution < -0.4 is 4.74 Å². The fourth-order valence-corrected chi connectivity index (χ4v) is 6.73. The second kappa shape index (κ2) is 10.6. The molecule has 1 N–H and O–H groups in total. The number of benzene rings is 3. The van der Waals surface area contributed by atoms with Crippen LogP contribution in [-0.4, -0.2) is 38.6 Å². The largest absolute Gasteiger partial charge is 0.489 e. The summed E-state index contributed by atoms with van der Waals surface area (Å²) in [5.74, 6) is 0.797. The molecule has 1 fully saturated rings. The average molecular weight is 568 g/mol. The van der Waals surface area contributed by atoms with Crippen LogP contribution in [0.1, 0.15) is 31.3 Å². The molecule has 0 saturated carbocycles. The summed E-state index contributed by atoms with van der Waals surface area (Å²) in [4.78, 5) is 15.3. The van der Waals surface area contributed by atoms with Crippen molar-refractivity contribution in [2.45, 2.75) is 48.4 Å². The van der Waals surface area contributed by atoms with Gasteiger partial charge in [-0.15, -0.1) is 10.2 Å². The molecule has 196 valence electrons. The molecule has 1 aromatic heterocycles. The minimum atomic E-state index is -1.07. The average Bonchev–Trinajstić information content (AvgIpc) is 3.47. The van der Waals surface area contributed by atoms with Crippen LogP contribution in [0.2, 0.25) is 5.02 Å². The first-order chi connectivity index (χ1) is 18.2. The maximum absolute atomic E-state index is 12.0. The quantitative estimate of drug-likeness (QED) is 0.247. The monoisotopic (exact) mass is 567 g/mol. The Labute approximate surface area is 234 Å². The number of hydrogen-bond acceptors (Lipinski definition) is 7. The first kappa shape index (κ1) is 26.5. The van der Waals surface area contributed by atoms with Gasteiger partial charge >= 0.3 is 6.09 Å². The maximum Gasteiger partial charge on any atom is 0.410 e. The van der Waals surface area contributed by atoms with Gasteiger partial charge in [0, 0.05) is 15.4 Å².